The Bertz CT molecular complexity index is 2000. The normalized spacial score (nSPS) is 11.5. The lowest BCUT2D eigenvalue weighted by molar-refractivity contribution is 1.09. The Kier molecular flexibility index (Phi) is 9.69. The van der Waals surface area contributed by atoms with Gasteiger partial charge in [0.1, 0.15) is 0 Å². The minimum Gasteiger partial charge on any atom is -0.285 e. The van der Waals surface area contributed by atoms with Crippen LogP contribution < -0.4 is 31.8 Å². The Balaban J connectivity index is 1.52. The lowest BCUT2D eigenvalue weighted by atomic mass is 10.2. The number of halogens is 1. The SMILES string of the molecule is Clc1ccc(N=P(c2ccccc2)(c2ccccc2)c2ccccc2)c(CN=P(c2ccccc2)(c2ccccc2)c2ccccc2)c1. The van der Waals surface area contributed by atoms with E-state index in [1.165, 1.54) is 31.8 Å². The van der Waals surface area contributed by atoms with Crippen molar-refractivity contribution in [3.05, 3.63) is 211 Å². The lowest BCUT2D eigenvalue weighted by Gasteiger charge is -2.28. The Morgan fingerprint density at radius 1 is 0.375 bits per heavy atom. The van der Waals surface area contributed by atoms with Crippen LogP contribution >= 0.6 is 25.7 Å². The molecule has 0 N–H and O–H groups in total. The quantitative estimate of drug-likeness (QED) is 0.136. The number of benzene rings is 7. The van der Waals surface area contributed by atoms with E-state index in [4.69, 9.17) is 21.1 Å². The zero-order valence-electron chi connectivity index (χ0n) is 26.4. The van der Waals surface area contributed by atoms with E-state index in [1.807, 2.05) is 6.07 Å². The molecule has 0 aromatic heterocycles. The van der Waals surface area contributed by atoms with Gasteiger partial charge in [-0.3, -0.25) is 9.49 Å². The van der Waals surface area contributed by atoms with Crippen LogP contribution in [0.15, 0.2) is 210 Å². The number of hydrogen-bond acceptors (Lipinski definition) is 2. The predicted molar refractivity (Wildman–Crippen MR) is 210 cm³/mol. The maximum absolute atomic E-state index is 6.77. The highest BCUT2D eigenvalue weighted by Crippen LogP contribution is 2.51. The van der Waals surface area contributed by atoms with E-state index in [2.05, 4.69) is 194 Å². The minimum absolute atomic E-state index is 0.449. The zero-order chi connectivity index (χ0) is 32.7. The Morgan fingerprint density at radius 2 is 0.688 bits per heavy atom. The molecule has 0 bridgehead atoms. The van der Waals surface area contributed by atoms with Crippen LogP contribution in [0.2, 0.25) is 5.02 Å². The number of rotatable bonds is 9. The molecule has 7 aromatic rings. The monoisotopic (exact) mass is 676 g/mol. The van der Waals surface area contributed by atoms with Crippen LogP contribution in [0.25, 0.3) is 0 Å². The molecule has 0 saturated carbocycles. The van der Waals surface area contributed by atoms with Crippen LogP contribution in [0.4, 0.5) is 5.69 Å². The maximum Gasteiger partial charge on any atom is 0.0676 e. The molecule has 0 aliphatic heterocycles. The van der Waals surface area contributed by atoms with Gasteiger partial charge in [0, 0.05) is 42.4 Å². The van der Waals surface area contributed by atoms with Crippen LogP contribution in [0, 0.1) is 0 Å². The largest absolute Gasteiger partial charge is 0.285 e. The maximum atomic E-state index is 6.77. The molecule has 0 aliphatic rings. The third kappa shape index (κ3) is 6.28. The fourth-order valence-corrected chi connectivity index (χ4v) is 13.6. The first-order valence-corrected chi connectivity index (χ1v) is 19.9. The highest BCUT2D eigenvalue weighted by Gasteiger charge is 2.29. The van der Waals surface area contributed by atoms with Gasteiger partial charge in [0.15, 0.2) is 0 Å². The van der Waals surface area contributed by atoms with Crippen LogP contribution in [0.1, 0.15) is 5.56 Å². The van der Waals surface area contributed by atoms with Crippen molar-refractivity contribution in [2.45, 2.75) is 6.54 Å². The van der Waals surface area contributed by atoms with E-state index in [9.17, 15) is 0 Å². The zero-order valence-corrected chi connectivity index (χ0v) is 29.0. The van der Waals surface area contributed by atoms with Crippen LogP contribution in [0.5, 0.6) is 0 Å². The minimum atomic E-state index is -2.51. The van der Waals surface area contributed by atoms with Crippen molar-refractivity contribution in [3.63, 3.8) is 0 Å². The van der Waals surface area contributed by atoms with Crippen LogP contribution in [-0.2, 0) is 6.54 Å². The Morgan fingerprint density at radius 3 is 1.02 bits per heavy atom. The van der Waals surface area contributed by atoms with E-state index in [0.29, 0.717) is 11.6 Å². The second-order valence-electron chi connectivity index (χ2n) is 11.5. The fraction of sp³-hybridized carbons (Fsp3) is 0.0233. The second kappa shape index (κ2) is 14.6. The molecule has 5 heteroatoms. The summed E-state index contributed by atoms with van der Waals surface area (Å²) in [5.41, 5.74) is 1.90. The smallest absolute Gasteiger partial charge is 0.0676 e. The summed E-state index contributed by atoms with van der Waals surface area (Å²) in [4.78, 5) is 0. The van der Waals surface area contributed by atoms with Crippen molar-refractivity contribution in [3.8, 4) is 0 Å². The van der Waals surface area contributed by atoms with Crippen molar-refractivity contribution in [1.82, 2.24) is 0 Å². The first-order valence-electron chi connectivity index (χ1n) is 16.0. The third-order valence-electron chi connectivity index (χ3n) is 8.53. The van der Waals surface area contributed by atoms with Crippen molar-refractivity contribution >= 4 is 63.2 Å². The number of nitrogens with zero attached hydrogens (tertiary/aromatic N) is 2. The standard InChI is InChI=1S/C43H35ClN2P2/c44-36-31-32-43(46-48(40-25-13-4-14-26-40,41-27-15-5-16-28-41)42-29-17-6-18-30-42)35(33-36)34-45-47(37-19-7-1-8-20-37,38-21-9-2-10-22-38)39-23-11-3-12-24-39/h1-33H,34H2. The van der Waals surface area contributed by atoms with Crippen molar-refractivity contribution in [1.29, 1.82) is 0 Å². The molecular weight excluding hydrogens is 642 g/mol. The van der Waals surface area contributed by atoms with Gasteiger partial charge in [0.05, 0.1) is 26.3 Å². The summed E-state index contributed by atoms with van der Waals surface area (Å²) < 4.78 is 11.7. The average Bonchev–Trinajstić information content (AvgIpc) is 3.17. The average molecular weight is 677 g/mol. The summed E-state index contributed by atoms with van der Waals surface area (Å²) in [5, 5.41) is 7.89. The van der Waals surface area contributed by atoms with E-state index in [1.54, 1.807) is 0 Å². The molecule has 0 atom stereocenters. The first kappa shape index (κ1) is 31.9. The molecule has 0 radical (unpaired) electrons. The van der Waals surface area contributed by atoms with Crippen LogP contribution in [-0.4, -0.2) is 0 Å². The van der Waals surface area contributed by atoms with Gasteiger partial charge in [-0.15, -0.1) is 0 Å². The first-order chi connectivity index (χ1) is 23.7. The topological polar surface area (TPSA) is 24.7 Å². The molecule has 7 aromatic carbocycles. The molecule has 0 unspecified atom stereocenters. The third-order valence-corrected chi connectivity index (χ3v) is 16.1. The summed E-state index contributed by atoms with van der Waals surface area (Å²) >= 11 is 6.77. The summed E-state index contributed by atoms with van der Waals surface area (Å²) in [6.07, 6.45) is 0. The van der Waals surface area contributed by atoms with Gasteiger partial charge in [0.2, 0.25) is 0 Å². The molecular formula is C43H35ClN2P2. The Hall–Kier alpha value is -4.71. The lowest BCUT2D eigenvalue weighted by Crippen LogP contribution is -2.25. The van der Waals surface area contributed by atoms with E-state index >= 15 is 0 Å². The van der Waals surface area contributed by atoms with Gasteiger partial charge < -0.3 is 0 Å². The molecule has 2 nitrogen and oxygen atoms in total. The molecule has 0 spiro atoms. The van der Waals surface area contributed by atoms with E-state index < -0.39 is 14.1 Å². The van der Waals surface area contributed by atoms with Gasteiger partial charge in [-0.05, 0) is 18.2 Å². The molecule has 0 amide bonds. The molecule has 0 fully saturated rings. The van der Waals surface area contributed by atoms with Gasteiger partial charge in [-0.1, -0.05) is 194 Å². The van der Waals surface area contributed by atoms with Crippen molar-refractivity contribution in [2.24, 2.45) is 9.49 Å². The molecule has 0 saturated heterocycles. The Labute approximate surface area is 288 Å². The van der Waals surface area contributed by atoms with Crippen LogP contribution in [0.3, 0.4) is 0 Å². The van der Waals surface area contributed by atoms with E-state index in [0.717, 1.165) is 11.3 Å². The molecule has 234 valence electrons. The van der Waals surface area contributed by atoms with Crippen molar-refractivity contribution < 1.29 is 0 Å². The molecule has 0 heterocycles. The summed E-state index contributed by atoms with van der Waals surface area (Å²) in [6.45, 7) is 0.449. The molecule has 0 aliphatic carbocycles. The van der Waals surface area contributed by atoms with Gasteiger partial charge >= 0.3 is 0 Å². The van der Waals surface area contributed by atoms with Gasteiger partial charge in [-0.25, -0.2) is 0 Å². The summed E-state index contributed by atoms with van der Waals surface area (Å²) in [5.74, 6) is 0. The van der Waals surface area contributed by atoms with Gasteiger partial charge in [-0.2, -0.15) is 0 Å². The second-order valence-corrected chi connectivity index (χ2v) is 18.0. The summed E-state index contributed by atoms with van der Waals surface area (Å²) in [7, 11) is -4.94. The van der Waals surface area contributed by atoms with Gasteiger partial charge in [0.25, 0.3) is 0 Å². The molecule has 7 rings (SSSR count). The number of hydrogen-bond donors (Lipinski definition) is 0. The summed E-state index contributed by atoms with van der Waals surface area (Å²) in [6, 6.07) is 70.5. The molecule has 48 heavy (non-hydrogen) atoms. The highest BCUT2D eigenvalue weighted by atomic mass is 35.5. The highest BCUT2D eigenvalue weighted by molar-refractivity contribution is 7.87. The predicted octanol–water partition coefficient (Wildman–Crippen LogP) is 9.83. The van der Waals surface area contributed by atoms with E-state index in [-0.39, 0.29) is 0 Å². The van der Waals surface area contributed by atoms with Crippen molar-refractivity contribution in [2.75, 3.05) is 0 Å². The fourth-order valence-electron chi connectivity index (χ4n) is 6.30.